The molecule has 0 saturated heterocycles. The molecule has 0 atom stereocenters. The lowest BCUT2D eigenvalue weighted by Crippen LogP contribution is -2.01. The summed E-state index contributed by atoms with van der Waals surface area (Å²) in [5.74, 6) is -0.301. The van der Waals surface area contributed by atoms with E-state index in [1.165, 1.54) is 10.7 Å². The van der Waals surface area contributed by atoms with Gasteiger partial charge in [-0.1, -0.05) is 24.3 Å². The molecule has 7 heteroatoms. The number of ether oxygens (including phenoxy) is 1. The number of hydrogen-bond donors (Lipinski definition) is 0. The van der Waals surface area contributed by atoms with Crippen molar-refractivity contribution < 1.29 is 14.5 Å². The Labute approximate surface area is 127 Å². The van der Waals surface area contributed by atoms with Crippen molar-refractivity contribution in [1.29, 1.82) is 0 Å². The fraction of sp³-hybridized carbons (Fsp3) is 0.200. The lowest BCUT2D eigenvalue weighted by molar-refractivity contribution is -0.384. The Morgan fingerprint density at radius 1 is 1.45 bits per heavy atom. The summed E-state index contributed by atoms with van der Waals surface area (Å²) in [6.07, 6.45) is 6.78. The molecule has 7 nitrogen and oxygen atoms in total. The Morgan fingerprint density at radius 3 is 2.95 bits per heavy atom. The zero-order chi connectivity index (χ0) is 15.9. The molecular formula is C15H15N3O4. The van der Waals surface area contributed by atoms with Gasteiger partial charge in [0.15, 0.2) is 0 Å². The number of esters is 1. The van der Waals surface area contributed by atoms with E-state index in [0.29, 0.717) is 12.3 Å². The van der Waals surface area contributed by atoms with Crippen LogP contribution in [0.1, 0.15) is 18.9 Å². The Balaban J connectivity index is 2.14. The van der Waals surface area contributed by atoms with Gasteiger partial charge in [0, 0.05) is 17.8 Å². The predicted octanol–water partition coefficient (Wildman–Crippen LogP) is 2.75. The number of nitro benzene ring substituents is 1. The van der Waals surface area contributed by atoms with Gasteiger partial charge in [0.1, 0.15) is 5.69 Å². The van der Waals surface area contributed by atoms with Crippen LogP contribution in [0.15, 0.2) is 42.7 Å². The lowest BCUT2D eigenvalue weighted by Gasteiger charge is -2.01. The lowest BCUT2D eigenvalue weighted by atomic mass is 10.2. The van der Waals surface area contributed by atoms with E-state index in [9.17, 15) is 14.9 Å². The monoisotopic (exact) mass is 301 g/mol. The molecule has 0 radical (unpaired) electrons. The molecule has 0 aliphatic rings. The van der Waals surface area contributed by atoms with E-state index in [0.717, 1.165) is 5.56 Å². The number of nitro groups is 1. The van der Waals surface area contributed by atoms with Crippen molar-refractivity contribution >= 4 is 17.7 Å². The summed E-state index contributed by atoms with van der Waals surface area (Å²) in [6, 6.07) is 6.36. The molecule has 22 heavy (non-hydrogen) atoms. The zero-order valence-electron chi connectivity index (χ0n) is 12.0. The van der Waals surface area contributed by atoms with Gasteiger partial charge in [-0.3, -0.25) is 14.9 Å². The summed E-state index contributed by atoms with van der Waals surface area (Å²) in [4.78, 5) is 21.8. The topological polar surface area (TPSA) is 87.3 Å². The van der Waals surface area contributed by atoms with Gasteiger partial charge in [-0.25, -0.2) is 4.68 Å². The summed E-state index contributed by atoms with van der Waals surface area (Å²) < 4.78 is 6.24. The molecule has 0 aliphatic heterocycles. The summed E-state index contributed by atoms with van der Waals surface area (Å²) in [5, 5.41) is 15.1. The highest BCUT2D eigenvalue weighted by Gasteiger charge is 2.14. The highest BCUT2D eigenvalue weighted by Crippen LogP contribution is 2.21. The van der Waals surface area contributed by atoms with Gasteiger partial charge in [-0.05, 0) is 13.0 Å². The second kappa shape index (κ2) is 7.16. The average molecular weight is 301 g/mol. The number of rotatable bonds is 6. The van der Waals surface area contributed by atoms with Gasteiger partial charge in [0.05, 0.1) is 24.1 Å². The predicted molar refractivity (Wildman–Crippen MR) is 80.5 cm³/mol. The average Bonchev–Trinajstić information content (AvgIpc) is 2.96. The van der Waals surface area contributed by atoms with Crippen molar-refractivity contribution in [2.24, 2.45) is 0 Å². The van der Waals surface area contributed by atoms with Gasteiger partial charge < -0.3 is 4.74 Å². The van der Waals surface area contributed by atoms with Crippen molar-refractivity contribution in [3.63, 3.8) is 0 Å². The molecule has 0 unspecified atom stereocenters. The maximum absolute atomic E-state index is 11.2. The third-order valence-electron chi connectivity index (χ3n) is 2.83. The summed E-state index contributed by atoms with van der Waals surface area (Å²) in [6.45, 7) is 2.10. The Kier molecular flexibility index (Phi) is 5.02. The van der Waals surface area contributed by atoms with Crippen molar-refractivity contribution in [2.45, 2.75) is 13.3 Å². The first kappa shape index (κ1) is 15.4. The highest BCUT2D eigenvalue weighted by atomic mass is 16.6. The Bertz CT molecular complexity index is 706. The number of carbonyl (C=O) groups excluding carboxylic acids is 1. The first-order valence-electron chi connectivity index (χ1n) is 6.72. The first-order valence-corrected chi connectivity index (χ1v) is 6.72. The molecule has 0 saturated carbocycles. The van der Waals surface area contributed by atoms with E-state index in [1.807, 2.05) is 0 Å². The summed E-state index contributed by atoms with van der Waals surface area (Å²) in [7, 11) is 0. The molecule has 0 bridgehead atoms. The van der Waals surface area contributed by atoms with E-state index >= 15 is 0 Å². The van der Waals surface area contributed by atoms with Gasteiger partial charge in [0.25, 0.3) is 5.69 Å². The van der Waals surface area contributed by atoms with Crippen LogP contribution >= 0.6 is 0 Å². The molecule has 0 fully saturated rings. The van der Waals surface area contributed by atoms with Crippen LogP contribution in [0.25, 0.3) is 11.8 Å². The molecule has 114 valence electrons. The van der Waals surface area contributed by atoms with Crippen molar-refractivity contribution in [2.75, 3.05) is 6.61 Å². The quantitative estimate of drug-likeness (QED) is 0.465. The van der Waals surface area contributed by atoms with Gasteiger partial charge >= 0.3 is 5.97 Å². The Morgan fingerprint density at radius 2 is 2.23 bits per heavy atom. The van der Waals surface area contributed by atoms with Gasteiger partial charge in [-0.2, -0.15) is 5.10 Å². The summed E-state index contributed by atoms with van der Waals surface area (Å²) >= 11 is 0. The van der Waals surface area contributed by atoms with E-state index in [2.05, 4.69) is 5.10 Å². The van der Waals surface area contributed by atoms with Crippen molar-refractivity contribution in [3.8, 4) is 5.69 Å². The molecule has 2 rings (SSSR count). The molecule has 0 spiro atoms. The molecule has 2 aromatic rings. The van der Waals surface area contributed by atoms with Crippen LogP contribution < -0.4 is 0 Å². The molecule has 0 aliphatic carbocycles. The van der Waals surface area contributed by atoms with Gasteiger partial charge in [-0.15, -0.1) is 0 Å². The van der Waals surface area contributed by atoms with Gasteiger partial charge in [0.2, 0.25) is 0 Å². The minimum Gasteiger partial charge on any atom is -0.466 e. The van der Waals surface area contributed by atoms with Crippen LogP contribution in [0.3, 0.4) is 0 Å². The summed E-state index contributed by atoms with van der Waals surface area (Å²) in [5.41, 5.74) is 1.10. The minimum atomic E-state index is -0.451. The van der Waals surface area contributed by atoms with Crippen LogP contribution in [0.5, 0.6) is 0 Å². The van der Waals surface area contributed by atoms with E-state index in [4.69, 9.17) is 4.74 Å². The third kappa shape index (κ3) is 3.78. The second-order valence-corrected chi connectivity index (χ2v) is 4.38. The normalized spacial score (nSPS) is 10.8. The number of hydrogen-bond acceptors (Lipinski definition) is 5. The number of carbonyl (C=O) groups is 1. The fourth-order valence-electron chi connectivity index (χ4n) is 1.88. The number of aromatic nitrogens is 2. The Hall–Kier alpha value is -2.96. The smallest absolute Gasteiger partial charge is 0.309 e. The van der Waals surface area contributed by atoms with Crippen LogP contribution in [0, 0.1) is 10.1 Å². The van der Waals surface area contributed by atoms with Crippen molar-refractivity contribution in [1.82, 2.24) is 9.78 Å². The largest absolute Gasteiger partial charge is 0.466 e. The molecule has 0 N–H and O–H groups in total. The van der Waals surface area contributed by atoms with Crippen LogP contribution in [0.2, 0.25) is 0 Å². The van der Waals surface area contributed by atoms with Crippen LogP contribution in [-0.4, -0.2) is 27.3 Å². The third-order valence-corrected chi connectivity index (χ3v) is 2.83. The maximum atomic E-state index is 11.2. The van der Waals surface area contributed by atoms with Crippen LogP contribution in [-0.2, 0) is 9.53 Å². The fourth-order valence-corrected chi connectivity index (χ4v) is 1.88. The van der Waals surface area contributed by atoms with Crippen LogP contribution in [0.4, 0.5) is 5.69 Å². The van der Waals surface area contributed by atoms with E-state index < -0.39 is 4.92 Å². The first-order chi connectivity index (χ1) is 10.6. The number of para-hydroxylation sites is 2. The number of benzene rings is 1. The number of nitrogens with zero attached hydrogens (tertiary/aromatic N) is 3. The second-order valence-electron chi connectivity index (χ2n) is 4.38. The van der Waals surface area contributed by atoms with E-state index in [1.54, 1.807) is 49.7 Å². The van der Waals surface area contributed by atoms with Crippen molar-refractivity contribution in [3.05, 3.63) is 58.4 Å². The minimum absolute atomic E-state index is 0.0207. The standard InChI is InChI=1S/C15H15N3O4/c1-2-22-15(19)9-5-6-12-10-16-17(11-12)13-7-3-4-8-14(13)18(20)21/h3-8,10-11H,2,9H2,1H3. The molecule has 1 heterocycles. The maximum Gasteiger partial charge on any atom is 0.309 e. The molecule has 1 aromatic heterocycles. The highest BCUT2D eigenvalue weighted by molar-refractivity contribution is 5.72. The zero-order valence-corrected chi connectivity index (χ0v) is 12.0. The molecule has 1 aromatic carbocycles. The van der Waals surface area contributed by atoms with E-state index in [-0.39, 0.29) is 18.1 Å². The SMILES string of the molecule is CCOC(=O)CC=Cc1cnn(-c2ccccc2[N+](=O)[O-])c1. The molecular weight excluding hydrogens is 286 g/mol. The molecule has 0 amide bonds.